The number of rotatable bonds is 3. The van der Waals surface area contributed by atoms with Crippen molar-refractivity contribution in [3.63, 3.8) is 0 Å². The molecule has 1 rings (SSSR count). The second-order valence-electron chi connectivity index (χ2n) is 3.95. The topological polar surface area (TPSA) is 40.9 Å². The van der Waals surface area contributed by atoms with Crippen molar-refractivity contribution in [2.24, 2.45) is 0 Å². The molecule has 4 heteroatoms. The minimum Gasteiger partial charge on any atom is -0.300 e. The van der Waals surface area contributed by atoms with E-state index in [-0.39, 0.29) is 12.2 Å². The number of Topliss-reactive ketones (excluding diaryl/α,β-unsaturated/α-hetero) is 1. The van der Waals surface area contributed by atoms with E-state index in [2.05, 4.69) is 0 Å². The number of nitrogens with zero attached hydrogens (tertiary/aromatic N) is 1. The molecule has 1 atom stereocenters. The maximum Gasteiger partial charge on any atom is 0.159 e. The Morgan fingerprint density at radius 1 is 1.44 bits per heavy atom. The van der Waals surface area contributed by atoms with Crippen LogP contribution in [-0.2, 0) is 10.2 Å². The molecule has 0 bridgehead atoms. The summed E-state index contributed by atoms with van der Waals surface area (Å²) in [5.74, 6) is -2.15. The Morgan fingerprint density at radius 3 is 2.50 bits per heavy atom. The minimum atomic E-state index is -1.11. The summed E-state index contributed by atoms with van der Waals surface area (Å²) in [7, 11) is 0. The summed E-state index contributed by atoms with van der Waals surface area (Å²) in [5.41, 5.74) is -0.801. The van der Waals surface area contributed by atoms with Gasteiger partial charge in [-0.3, -0.25) is 4.79 Å². The van der Waals surface area contributed by atoms with Crippen molar-refractivity contribution in [3.8, 4) is 6.07 Å². The summed E-state index contributed by atoms with van der Waals surface area (Å²) in [6.45, 7) is 2.89. The number of benzene rings is 1. The van der Waals surface area contributed by atoms with Crippen LogP contribution in [0.5, 0.6) is 0 Å². The van der Waals surface area contributed by atoms with Crippen molar-refractivity contribution in [3.05, 3.63) is 35.4 Å². The molecular formula is C12H11F2NO. The maximum atomic E-state index is 13.0. The van der Waals surface area contributed by atoms with Crippen LogP contribution in [0.3, 0.4) is 0 Å². The first kappa shape index (κ1) is 12.3. The van der Waals surface area contributed by atoms with Gasteiger partial charge in [-0.15, -0.1) is 0 Å². The summed E-state index contributed by atoms with van der Waals surface area (Å²) in [6.07, 6.45) is -0.0193. The summed E-state index contributed by atoms with van der Waals surface area (Å²) in [5, 5.41) is 9.03. The van der Waals surface area contributed by atoms with Crippen LogP contribution in [-0.4, -0.2) is 5.78 Å². The van der Waals surface area contributed by atoms with Crippen molar-refractivity contribution in [1.29, 1.82) is 5.26 Å². The van der Waals surface area contributed by atoms with Crippen LogP contribution in [0.1, 0.15) is 25.8 Å². The third-order valence-corrected chi connectivity index (χ3v) is 2.41. The van der Waals surface area contributed by atoms with Crippen molar-refractivity contribution in [1.82, 2.24) is 0 Å². The van der Waals surface area contributed by atoms with Crippen molar-refractivity contribution in [2.45, 2.75) is 25.7 Å². The van der Waals surface area contributed by atoms with Crippen molar-refractivity contribution < 1.29 is 13.6 Å². The molecule has 0 amide bonds. The average Bonchev–Trinajstić information content (AvgIpc) is 2.21. The average molecular weight is 223 g/mol. The monoisotopic (exact) mass is 223 g/mol. The zero-order valence-corrected chi connectivity index (χ0v) is 9.05. The number of nitriles is 1. The molecule has 0 saturated carbocycles. The Kier molecular flexibility index (Phi) is 3.38. The molecule has 1 unspecified atom stereocenters. The summed E-state index contributed by atoms with van der Waals surface area (Å²) < 4.78 is 25.7. The highest BCUT2D eigenvalue weighted by molar-refractivity contribution is 5.77. The van der Waals surface area contributed by atoms with Gasteiger partial charge in [0.15, 0.2) is 11.6 Å². The Hall–Kier alpha value is -1.76. The highest BCUT2D eigenvalue weighted by Gasteiger charge is 2.29. The van der Waals surface area contributed by atoms with Gasteiger partial charge in [-0.25, -0.2) is 8.78 Å². The van der Waals surface area contributed by atoms with E-state index in [9.17, 15) is 13.6 Å². The molecule has 0 heterocycles. The molecule has 0 aromatic heterocycles. The van der Waals surface area contributed by atoms with Gasteiger partial charge in [0.2, 0.25) is 0 Å². The predicted octanol–water partition coefficient (Wildman–Crippen LogP) is 2.73. The zero-order valence-electron chi connectivity index (χ0n) is 9.05. The fourth-order valence-electron chi connectivity index (χ4n) is 1.54. The highest BCUT2D eigenvalue weighted by Crippen LogP contribution is 2.28. The molecule has 0 radical (unpaired) electrons. The zero-order chi connectivity index (χ0) is 12.3. The van der Waals surface area contributed by atoms with Crippen LogP contribution < -0.4 is 0 Å². The minimum absolute atomic E-state index is 0.0193. The van der Waals surface area contributed by atoms with E-state index in [1.807, 2.05) is 6.07 Å². The third kappa shape index (κ3) is 2.43. The maximum absolute atomic E-state index is 13.0. The fourth-order valence-corrected chi connectivity index (χ4v) is 1.54. The SMILES string of the molecule is CC(=O)CC(C)(C#N)c1ccc(F)c(F)c1. The lowest BCUT2D eigenvalue weighted by Crippen LogP contribution is -2.23. The van der Waals surface area contributed by atoms with Gasteiger partial charge in [0.1, 0.15) is 5.78 Å². The second kappa shape index (κ2) is 4.40. The summed E-state index contributed by atoms with van der Waals surface area (Å²) >= 11 is 0. The van der Waals surface area contributed by atoms with E-state index in [4.69, 9.17) is 5.26 Å². The second-order valence-corrected chi connectivity index (χ2v) is 3.95. The summed E-state index contributed by atoms with van der Waals surface area (Å²) in [4.78, 5) is 11.0. The van der Waals surface area contributed by atoms with Gasteiger partial charge in [-0.2, -0.15) is 5.26 Å². The molecule has 1 aromatic carbocycles. The van der Waals surface area contributed by atoms with Crippen molar-refractivity contribution in [2.75, 3.05) is 0 Å². The van der Waals surface area contributed by atoms with Crippen LogP contribution in [0.15, 0.2) is 18.2 Å². The Labute approximate surface area is 92.5 Å². The molecule has 0 aliphatic heterocycles. The van der Waals surface area contributed by atoms with E-state index in [1.165, 1.54) is 19.9 Å². The first-order chi connectivity index (χ1) is 7.39. The number of hydrogen-bond acceptors (Lipinski definition) is 2. The van der Waals surface area contributed by atoms with Crippen LogP contribution in [0.4, 0.5) is 8.78 Å². The molecule has 0 aliphatic carbocycles. The molecule has 0 aliphatic rings. The number of hydrogen-bond donors (Lipinski definition) is 0. The number of carbonyl (C=O) groups is 1. The quantitative estimate of drug-likeness (QED) is 0.790. The van der Waals surface area contributed by atoms with Crippen LogP contribution in [0.2, 0.25) is 0 Å². The molecule has 0 N–H and O–H groups in total. The van der Waals surface area contributed by atoms with Gasteiger partial charge in [-0.1, -0.05) is 6.07 Å². The molecule has 84 valence electrons. The van der Waals surface area contributed by atoms with Gasteiger partial charge in [0, 0.05) is 6.42 Å². The lowest BCUT2D eigenvalue weighted by atomic mass is 9.80. The molecule has 1 aromatic rings. The fraction of sp³-hybridized carbons (Fsp3) is 0.333. The smallest absolute Gasteiger partial charge is 0.159 e. The molecule has 0 saturated heterocycles. The van der Waals surface area contributed by atoms with Crippen LogP contribution >= 0.6 is 0 Å². The Balaban J connectivity index is 3.19. The first-order valence-corrected chi connectivity index (χ1v) is 4.75. The van der Waals surface area contributed by atoms with Crippen LogP contribution in [0, 0.1) is 23.0 Å². The highest BCUT2D eigenvalue weighted by atomic mass is 19.2. The van der Waals surface area contributed by atoms with E-state index < -0.39 is 17.0 Å². The largest absolute Gasteiger partial charge is 0.300 e. The lowest BCUT2D eigenvalue weighted by molar-refractivity contribution is -0.117. The number of ketones is 1. The van der Waals surface area contributed by atoms with Gasteiger partial charge in [0.25, 0.3) is 0 Å². The molecular weight excluding hydrogens is 212 g/mol. The first-order valence-electron chi connectivity index (χ1n) is 4.75. The van der Waals surface area contributed by atoms with Crippen LogP contribution in [0.25, 0.3) is 0 Å². The molecule has 2 nitrogen and oxygen atoms in total. The third-order valence-electron chi connectivity index (χ3n) is 2.41. The molecule has 0 fully saturated rings. The van der Waals surface area contributed by atoms with Gasteiger partial charge in [-0.05, 0) is 31.5 Å². The molecule has 0 spiro atoms. The Bertz CT molecular complexity index is 465. The van der Waals surface area contributed by atoms with E-state index >= 15 is 0 Å². The summed E-state index contributed by atoms with van der Waals surface area (Å²) in [6, 6.07) is 5.21. The van der Waals surface area contributed by atoms with E-state index in [0.29, 0.717) is 5.56 Å². The number of halogens is 2. The van der Waals surface area contributed by atoms with Gasteiger partial charge < -0.3 is 0 Å². The number of carbonyl (C=O) groups excluding carboxylic acids is 1. The van der Waals surface area contributed by atoms with E-state index in [1.54, 1.807) is 0 Å². The lowest BCUT2D eigenvalue weighted by Gasteiger charge is -2.20. The standard InChI is InChI=1S/C12H11F2NO/c1-8(16)6-12(2,7-15)9-3-4-10(13)11(14)5-9/h3-5H,6H2,1-2H3. The Morgan fingerprint density at radius 2 is 2.06 bits per heavy atom. The normalized spacial score (nSPS) is 13.9. The van der Waals surface area contributed by atoms with Crippen molar-refractivity contribution >= 4 is 5.78 Å². The predicted molar refractivity (Wildman–Crippen MR) is 54.6 cm³/mol. The van der Waals surface area contributed by atoms with Gasteiger partial charge >= 0.3 is 0 Å². The molecule has 16 heavy (non-hydrogen) atoms. The van der Waals surface area contributed by atoms with Gasteiger partial charge in [0.05, 0.1) is 11.5 Å². The van der Waals surface area contributed by atoms with E-state index in [0.717, 1.165) is 12.1 Å².